The van der Waals surface area contributed by atoms with Crippen molar-refractivity contribution >= 4 is 69.5 Å². The number of piperidine rings is 1. The van der Waals surface area contributed by atoms with Crippen molar-refractivity contribution in [3.05, 3.63) is 97.6 Å². The van der Waals surface area contributed by atoms with Crippen molar-refractivity contribution in [2.45, 2.75) is 118 Å². The molecule has 2 spiro atoms. The van der Waals surface area contributed by atoms with Gasteiger partial charge in [-0.3, -0.25) is 48.6 Å². The van der Waals surface area contributed by atoms with Gasteiger partial charge in [0.05, 0.1) is 22.1 Å². The molecule has 67 heavy (non-hydrogen) atoms. The molecule has 1 unspecified atom stereocenters. The second-order valence-corrected chi connectivity index (χ2v) is 20.6. The number of aryl methyl sites for hydroxylation is 2. The monoisotopic (exact) mass is 954 g/mol. The molecule has 5 amide bonds. The van der Waals surface area contributed by atoms with Crippen molar-refractivity contribution < 1.29 is 28.4 Å². The highest BCUT2D eigenvalue weighted by Crippen LogP contribution is 2.63. The lowest BCUT2D eigenvalue weighted by Gasteiger charge is -2.47. The number of imide groups is 1. The minimum atomic E-state index is -1.28. The van der Waals surface area contributed by atoms with E-state index in [4.69, 9.17) is 23.2 Å². The molecule has 2 aliphatic carbocycles. The normalized spacial score (nSPS) is 27.4. The largest absolute Gasteiger partial charge is 0.352 e. The van der Waals surface area contributed by atoms with E-state index in [1.54, 1.807) is 31.3 Å². The molecule has 4 aromatic rings. The number of carbonyl (C=O) groups is 5. The van der Waals surface area contributed by atoms with Crippen LogP contribution < -0.4 is 27.0 Å². The SMILES string of the molecule is Cn1c(=O)n(C2CCC(=O)NC2=O)c2ccc(CCC(=O)N3CCN(CC4CCC(NC(=O)[C@@H]5NC6(CCCCC6)[C@@]6(C(=O)Nc7cc(Cl)ccc76)[C@H]5c5cccc(Cl)c5F)CC4)CC3)cc21. The average molecular weight is 956 g/mol. The molecule has 17 heteroatoms. The van der Waals surface area contributed by atoms with E-state index in [9.17, 15) is 28.8 Å². The fraction of sp³-hybridized carbons (Fsp3) is 0.520. The van der Waals surface area contributed by atoms with Gasteiger partial charge in [0.1, 0.15) is 17.3 Å². The molecule has 5 fully saturated rings. The fourth-order valence-corrected chi connectivity index (χ4v) is 13.1. The highest BCUT2D eigenvalue weighted by molar-refractivity contribution is 6.31. The summed E-state index contributed by atoms with van der Waals surface area (Å²) < 4.78 is 19.3. The molecule has 3 saturated heterocycles. The number of anilines is 1. The van der Waals surface area contributed by atoms with Gasteiger partial charge in [-0.05, 0) is 104 Å². The predicted molar refractivity (Wildman–Crippen MR) is 252 cm³/mol. The number of benzene rings is 3. The number of piperazine rings is 1. The molecule has 4 aliphatic heterocycles. The predicted octanol–water partition coefficient (Wildman–Crippen LogP) is 5.86. The molecule has 3 aromatic carbocycles. The zero-order chi connectivity index (χ0) is 46.8. The number of hydrogen-bond donors (Lipinski definition) is 4. The van der Waals surface area contributed by atoms with Crippen LogP contribution in [0.25, 0.3) is 11.0 Å². The summed E-state index contributed by atoms with van der Waals surface area (Å²) in [6, 6.07) is 14.1. The van der Waals surface area contributed by atoms with Crippen LogP contribution in [-0.4, -0.2) is 98.8 Å². The summed E-state index contributed by atoms with van der Waals surface area (Å²) in [5.74, 6) is -2.26. The molecule has 14 nitrogen and oxygen atoms in total. The lowest BCUT2D eigenvalue weighted by Crippen LogP contribution is -2.60. The second kappa shape index (κ2) is 18.1. The highest BCUT2D eigenvalue weighted by Gasteiger charge is 2.72. The van der Waals surface area contributed by atoms with E-state index in [2.05, 4.69) is 26.2 Å². The summed E-state index contributed by atoms with van der Waals surface area (Å²) >= 11 is 12.9. The smallest absolute Gasteiger partial charge is 0.329 e. The molecule has 10 rings (SSSR count). The van der Waals surface area contributed by atoms with Crippen LogP contribution in [0.4, 0.5) is 10.1 Å². The third-order valence-corrected chi connectivity index (χ3v) is 16.6. The van der Waals surface area contributed by atoms with E-state index in [0.717, 1.165) is 75.7 Å². The number of amides is 5. The topological polar surface area (TPSA) is 167 Å². The molecular weight excluding hydrogens is 899 g/mol. The molecule has 0 radical (unpaired) electrons. The number of nitrogens with one attached hydrogen (secondary N) is 4. The number of fused-ring (bicyclic) bond motifs is 4. The standard InChI is InChI=1S/C50H57Cl2FN8O6/c1-58-39-26-29(10-16-37(39)61(48(58)67)38-17-18-40(62)56-45(38)64)11-19-41(63)60-24-22-59(23-25-60)28-30-8-13-32(14-9-30)54-46(65)44-42(33-6-5-7-35(52)43(33)53)50(49(57-44)20-3-2-4-21-49)34-15-12-31(51)27-36(34)55-47(50)66/h5-7,10,12,15-16,26-27,30,32,38,42,44,57H,2-4,8-9,11,13-14,17-25,28H2,1H3,(H,54,65)(H,55,66)(H,56,62,64)/t30?,32?,38?,42-,44+,50+/m0/s1. The summed E-state index contributed by atoms with van der Waals surface area (Å²) in [5, 5.41) is 13.0. The van der Waals surface area contributed by atoms with Crippen LogP contribution >= 0.6 is 23.2 Å². The number of halogens is 3. The first-order chi connectivity index (χ1) is 32.3. The Morgan fingerprint density at radius 3 is 2.37 bits per heavy atom. The molecule has 5 heterocycles. The van der Waals surface area contributed by atoms with Gasteiger partial charge < -0.3 is 15.5 Å². The van der Waals surface area contributed by atoms with Gasteiger partial charge in [0.2, 0.25) is 29.5 Å². The van der Waals surface area contributed by atoms with E-state index in [1.165, 1.54) is 15.2 Å². The maximum Gasteiger partial charge on any atom is 0.329 e. The Morgan fingerprint density at radius 2 is 1.63 bits per heavy atom. The van der Waals surface area contributed by atoms with Gasteiger partial charge in [-0.1, -0.05) is 66.7 Å². The van der Waals surface area contributed by atoms with Gasteiger partial charge >= 0.3 is 5.69 Å². The van der Waals surface area contributed by atoms with Gasteiger partial charge in [-0.2, -0.15) is 0 Å². The number of hydrogen-bond acceptors (Lipinski definition) is 8. The fourth-order valence-electron chi connectivity index (χ4n) is 12.7. The Labute approximate surface area is 398 Å². The van der Waals surface area contributed by atoms with E-state index >= 15 is 4.39 Å². The van der Waals surface area contributed by atoms with Crippen molar-refractivity contribution in [1.82, 2.24) is 34.9 Å². The first-order valence-electron chi connectivity index (χ1n) is 23.9. The first-order valence-corrected chi connectivity index (χ1v) is 24.7. The number of aromatic nitrogens is 2. The number of rotatable bonds is 9. The molecule has 0 bridgehead atoms. The van der Waals surface area contributed by atoms with E-state index < -0.39 is 40.7 Å². The van der Waals surface area contributed by atoms with Crippen LogP contribution in [-0.2, 0) is 42.9 Å². The third-order valence-electron chi connectivity index (χ3n) is 16.0. The summed E-state index contributed by atoms with van der Waals surface area (Å²) in [6.07, 6.45) is 8.84. The van der Waals surface area contributed by atoms with Crippen LogP contribution in [0, 0.1) is 11.7 Å². The Balaban J connectivity index is 0.746. The van der Waals surface area contributed by atoms with Gasteiger partial charge in [0, 0.05) is 80.8 Å². The summed E-state index contributed by atoms with van der Waals surface area (Å²) in [7, 11) is 1.66. The van der Waals surface area contributed by atoms with Crippen LogP contribution in [0.15, 0.2) is 59.4 Å². The van der Waals surface area contributed by atoms with Crippen molar-refractivity contribution in [1.29, 1.82) is 0 Å². The Morgan fingerprint density at radius 1 is 0.866 bits per heavy atom. The van der Waals surface area contributed by atoms with Crippen LogP contribution in [0.2, 0.25) is 10.0 Å². The Bertz CT molecular complexity index is 2720. The molecule has 4 N–H and O–H groups in total. The van der Waals surface area contributed by atoms with Crippen molar-refractivity contribution in [2.24, 2.45) is 13.0 Å². The van der Waals surface area contributed by atoms with Gasteiger partial charge in [-0.25, -0.2) is 9.18 Å². The van der Waals surface area contributed by atoms with E-state index in [1.807, 2.05) is 29.2 Å². The van der Waals surface area contributed by atoms with Crippen molar-refractivity contribution in [2.75, 3.05) is 38.0 Å². The second-order valence-electron chi connectivity index (χ2n) is 19.7. The average Bonchev–Trinajstić information content (AvgIpc) is 3.87. The molecular formula is C50H57Cl2FN8O6. The Hall–Kier alpha value is -5.09. The molecule has 354 valence electrons. The molecule has 6 aliphatic rings. The summed E-state index contributed by atoms with van der Waals surface area (Å²) in [5.41, 5.74) is 1.39. The zero-order valence-electron chi connectivity index (χ0n) is 37.7. The molecule has 2 saturated carbocycles. The van der Waals surface area contributed by atoms with Gasteiger partial charge in [-0.15, -0.1) is 0 Å². The van der Waals surface area contributed by atoms with E-state index in [0.29, 0.717) is 66.4 Å². The zero-order valence-corrected chi connectivity index (χ0v) is 39.2. The van der Waals surface area contributed by atoms with Crippen LogP contribution in [0.1, 0.15) is 106 Å². The Kier molecular flexibility index (Phi) is 12.3. The van der Waals surface area contributed by atoms with Gasteiger partial charge in [0.25, 0.3) is 0 Å². The number of carbonyl (C=O) groups excluding carboxylic acids is 5. The maximum atomic E-state index is 16.3. The van der Waals surface area contributed by atoms with Crippen molar-refractivity contribution in [3.63, 3.8) is 0 Å². The lowest BCUT2D eigenvalue weighted by atomic mass is 9.55. The van der Waals surface area contributed by atoms with E-state index in [-0.39, 0.29) is 58.8 Å². The highest BCUT2D eigenvalue weighted by atomic mass is 35.5. The maximum absolute atomic E-state index is 16.3. The summed E-state index contributed by atoms with van der Waals surface area (Å²) in [4.78, 5) is 84.7. The molecule has 1 aromatic heterocycles. The van der Waals surface area contributed by atoms with Crippen molar-refractivity contribution in [3.8, 4) is 0 Å². The van der Waals surface area contributed by atoms with Gasteiger partial charge in [0.15, 0.2) is 0 Å². The molecule has 4 atom stereocenters. The third kappa shape index (κ3) is 7.96. The van der Waals surface area contributed by atoms with Crippen LogP contribution in [0.5, 0.6) is 0 Å². The van der Waals surface area contributed by atoms with Crippen LogP contribution in [0.3, 0.4) is 0 Å². The number of imidazole rings is 1. The minimum Gasteiger partial charge on any atom is -0.352 e. The first kappa shape index (κ1) is 45.7. The number of nitrogens with zero attached hydrogens (tertiary/aromatic N) is 4. The quantitative estimate of drug-likeness (QED) is 0.152. The summed E-state index contributed by atoms with van der Waals surface area (Å²) in [6.45, 7) is 3.78. The lowest BCUT2D eigenvalue weighted by molar-refractivity contribution is -0.136. The minimum absolute atomic E-state index is 0.0547.